The molecule has 0 spiro atoms. The fourth-order valence-corrected chi connectivity index (χ4v) is 2.29. The number of nitrogens with zero attached hydrogens (tertiary/aromatic N) is 2. The number of carbonyl (C=O) groups is 1. The maximum atomic E-state index is 11.4. The van der Waals surface area contributed by atoms with E-state index in [-0.39, 0.29) is 13.2 Å². The van der Waals surface area contributed by atoms with Crippen molar-refractivity contribution in [2.75, 3.05) is 7.11 Å². The number of aliphatic hydroxyl groups excluding tert-OH is 1. The van der Waals surface area contributed by atoms with Gasteiger partial charge in [0.05, 0.1) is 18.2 Å². The summed E-state index contributed by atoms with van der Waals surface area (Å²) >= 11 is 0. The Balaban J connectivity index is 1.79. The van der Waals surface area contributed by atoms with E-state index in [2.05, 4.69) is 14.9 Å². The number of ether oxygens (including phenoxy) is 2. The molecule has 0 bridgehead atoms. The molecule has 3 aromatic rings. The van der Waals surface area contributed by atoms with Gasteiger partial charge in [0.2, 0.25) is 5.88 Å². The Morgan fingerprint density at radius 1 is 1.20 bits per heavy atom. The smallest absolute Gasteiger partial charge is 0.339 e. The first kappa shape index (κ1) is 16.7. The highest BCUT2D eigenvalue weighted by Crippen LogP contribution is 2.26. The first-order valence-electron chi connectivity index (χ1n) is 7.53. The van der Waals surface area contributed by atoms with E-state index in [0.717, 1.165) is 5.56 Å². The lowest BCUT2D eigenvalue weighted by molar-refractivity contribution is 0.0600. The van der Waals surface area contributed by atoms with Crippen LogP contribution in [-0.4, -0.2) is 28.3 Å². The quantitative estimate of drug-likeness (QED) is 0.689. The molecule has 1 aromatic carbocycles. The molecule has 3 rings (SSSR count). The Morgan fingerprint density at radius 3 is 2.64 bits per heavy atom. The summed E-state index contributed by atoms with van der Waals surface area (Å²) in [5.41, 5.74) is 2.45. The first-order chi connectivity index (χ1) is 12.2. The van der Waals surface area contributed by atoms with E-state index in [1.165, 1.54) is 13.3 Å². The number of rotatable bonds is 6. The molecule has 25 heavy (non-hydrogen) atoms. The van der Waals surface area contributed by atoms with Crippen molar-refractivity contribution in [2.24, 2.45) is 0 Å². The SMILES string of the molecule is COC(=O)c1ccc(OCc2c(-c3ccccc3)noc2CO)nc1. The topological polar surface area (TPSA) is 94.7 Å². The molecule has 0 radical (unpaired) electrons. The molecule has 7 heteroatoms. The molecule has 0 atom stereocenters. The molecular weight excluding hydrogens is 324 g/mol. The average molecular weight is 340 g/mol. The van der Waals surface area contributed by atoms with Gasteiger partial charge >= 0.3 is 5.97 Å². The van der Waals surface area contributed by atoms with Crippen LogP contribution in [0.25, 0.3) is 11.3 Å². The van der Waals surface area contributed by atoms with E-state index >= 15 is 0 Å². The maximum Gasteiger partial charge on any atom is 0.339 e. The van der Waals surface area contributed by atoms with Gasteiger partial charge in [0, 0.05) is 17.8 Å². The van der Waals surface area contributed by atoms with Gasteiger partial charge in [-0.15, -0.1) is 0 Å². The molecule has 0 amide bonds. The summed E-state index contributed by atoms with van der Waals surface area (Å²) in [6.07, 6.45) is 1.37. The van der Waals surface area contributed by atoms with Crippen LogP contribution in [0, 0.1) is 0 Å². The Labute approximate surface area is 143 Å². The molecular formula is C18H16N2O5. The predicted molar refractivity (Wildman–Crippen MR) is 87.8 cm³/mol. The van der Waals surface area contributed by atoms with Crippen molar-refractivity contribution in [1.29, 1.82) is 0 Å². The minimum atomic E-state index is -0.466. The van der Waals surface area contributed by atoms with Crippen molar-refractivity contribution in [3.05, 3.63) is 65.5 Å². The molecule has 2 aromatic heterocycles. The van der Waals surface area contributed by atoms with E-state index in [1.54, 1.807) is 12.1 Å². The second-order valence-corrected chi connectivity index (χ2v) is 5.12. The summed E-state index contributed by atoms with van der Waals surface area (Å²) in [5.74, 6) is 0.203. The molecule has 0 aliphatic rings. The summed E-state index contributed by atoms with van der Waals surface area (Å²) in [4.78, 5) is 15.5. The zero-order valence-corrected chi connectivity index (χ0v) is 13.5. The summed E-state index contributed by atoms with van der Waals surface area (Å²) in [6.45, 7) is -0.165. The van der Waals surface area contributed by atoms with Gasteiger partial charge in [0.25, 0.3) is 0 Å². The number of aliphatic hydroxyl groups is 1. The van der Waals surface area contributed by atoms with Crippen molar-refractivity contribution in [3.8, 4) is 17.1 Å². The molecule has 0 aliphatic carbocycles. The lowest BCUT2D eigenvalue weighted by Gasteiger charge is -2.07. The highest BCUT2D eigenvalue weighted by Gasteiger charge is 2.18. The van der Waals surface area contributed by atoms with Gasteiger partial charge in [0.15, 0.2) is 5.76 Å². The number of pyridine rings is 1. The largest absolute Gasteiger partial charge is 0.473 e. The van der Waals surface area contributed by atoms with Crippen LogP contribution < -0.4 is 4.74 Å². The molecule has 0 aliphatic heterocycles. The third kappa shape index (κ3) is 3.67. The Hall–Kier alpha value is -3.19. The van der Waals surface area contributed by atoms with Gasteiger partial charge in [0.1, 0.15) is 18.9 Å². The standard InChI is InChI=1S/C18H16N2O5/c1-23-18(22)13-7-8-16(19-9-13)24-11-14-15(10-21)25-20-17(14)12-5-3-2-4-6-12/h2-9,21H,10-11H2,1H3. The van der Waals surface area contributed by atoms with Crippen LogP contribution in [-0.2, 0) is 18.0 Å². The number of esters is 1. The highest BCUT2D eigenvalue weighted by molar-refractivity contribution is 5.88. The Bertz CT molecular complexity index is 844. The second-order valence-electron chi connectivity index (χ2n) is 5.12. The van der Waals surface area contributed by atoms with Crippen LogP contribution in [0.1, 0.15) is 21.7 Å². The summed E-state index contributed by atoms with van der Waals surface area (Å²) in [7, 11) is 1.31. The fourth-order valence-electron chi connectivity index (χ4n) is 2.29. The van der Waals surface area contributed by atoms with Crippen LogP contribution in [0.3, 0.4) is 0 Å². The van der Waals surface area contributed by atoms with Crippen molar-refractivity contribution >= 4 is 5.97 Å². The summed E-state index contributed by atoms with van der Waals surface area (Å²) < 4.78 is 15.5. The molecule has 1 N–H and O–H groups in total. The number of hydrogen-bond donors (Lipinski definition) is 1. The van der Waals surface area contributed by atoms with E-state index in [1.807, 2.05) is 30.3 Å². The zero-order valence-electron chi connectivity index (χ0n) is 13.5. The summed E-state index contributed by atoms with van der Waals surface area (Å²) in [6, 6.07) is 12.6. The number of aromatic nitrogens is 2. The van der Waals surface area contributed by atoms with Gasteiger partial charge in [-0.2, -0.15) is 0 Å². The monoisotopic (exact) mass is 340 g/mol. The van der Waals surface area contributed by atoms with Crippen molar-refractivity contribution in [3.63, 3.8) is 0 Å². The van der Waals surface area contributed by atoms with Gasteiger partial charge in [-0.3, -0.25) is 0 Å². The molecule has 0 unspecified atom stereocenters. The van der Waals surface area contributed by atoms with Crippen molar-refractivity contribution < 1.29 is 23.9 Å². The van der Waals surface area contributed by atoms with Crippen LogP contribution >= 0.6 is 0 Å². The van der Waals surface area contributed by atoms with Crippen LogP contribution in [0.2, 0.25) is 0 Å². The van der Waals surface area contributed by atoms with Crippen LogP contribution in [0.4, 0.5) is 0 Å². The van der Waals surface area contributed by atoms with E-state index < -0.39 is 5.97 Å². The maximum absolute atomic E-state index is 11.4. The van der Waals surface area contributed by atoms with Crippen LogP contribution in [0.15, 0.2) is 53.2 Å². The van der Waals surface area contributed by atoms with E-state index in [0.29, 0.717) is 28.5 Å². The second kappa shape index (κ2) is 7.59. The molecule has 2 heterocycles. The predicted octanol–water partition coefficient (Wildman–Crippen LogP) is 2.59. The number of benzene rings is 1. The molecule has 0 saturated heterocycles. The van der Waals surface area contributed by atoms with Crippen molar-refractivity contribution in [2.45, 2.75) is 13.2 Å². The Morgan fingerprint density at radius 2 is 2.00 bits per heavy atom. The van der Waals surface area contributed by atoms with Crippen LogP contribution in [0.5, 0.6) is 5.88 Å². The van der Waals surface area contributed by atoms with E-state index in [9.17, 15) is 9.90 Å². The molecule has 128 valence electrons. The minimum absolute atomic E-state index is 0.119. The molecule has 0 fully saturated rings. The van der Waals surface area contributed by atoms with Gasteiger partial charge in [-0.25, -0.2) is 9.78 Å². The molecule has 0 saturated carbocycles. The number of carbonyl (C=O) groups excluding carboxylic acids is 1. The lowest BCUT2D eigenvalue weighted by Crippen LogP contribution is -2.04. The third-order valence-electron chi connectivity index (χ3n) is 3.58. The van der Waals surface area contributed by atoms with Gasteiger partial charge in [-0.05, 0) is 6.07 Å². The van der Waals surface area contributed by atoms with E-state index in [4.69, 9.17) is 9.26 Å². The average Bonchev–Trinajstić information content (AvgIpc) is 3.09. The summed E-state index contributed by atoms with van der Waals surface area (Å²) in [5, 5.41) is 13.5. The normalized spacial score (nSPS) is 10.5. The third-order valence-corrected chi connectivity index (χ3v) is 3.58. The van der Waals surface area contributed by atoms with Gasteiger partial charge in [-0.1, -0.05) is 35.5 Å². The molecule has 7 nitrogen and oxygen atoms in total. The zero-order chi connectivity index (χ0) is 17.6. The minimum Gasteiger partial charge on any atom is -0.473 e. The van der Waals surface area contributed by atoms with Crippen molar-refractivity contribution in [1.82, 2.24) is 10.1 Å². The number of hydrogen-bond acceptors (Lipinski definition) is 7. The first-order valence-corrected chi connectivity index (χ1v) is 7.53. The lowest BCUT2D eigenvalue weighted by atomic mass is 10.1. The number of methoxy groups -OCH3 is 1. The Kier molecular flexibility index (Phi) is 5.06. The van der Waals surface area contributed by atoms with Gasteiger partial charge < -0.3 is 19.1 Å². The highest BCUT2D eigenvalue weighted by atomic mass is 16.5. The fraction of sp³-hybridized carbons (Fsp3) is 0.167.